The van der Waals surface area contributed by atoms with E-state index in [1.807, 2.05) is 13.8 Å². The van der Waals surface area contributed by atoms with Crippen molar-refractivity contribution in [3.8, 4) is 5.75 Å². The molecule has 0 saturated heterocycles. The molecule has 9 heteroatoms. The Labute approximate surface area is 138 Å². The first kappa shape index (κ1) is 19.7. The van der Waals surface area contributed by atoms with Gasteiger partial charge >= 0.3 is 0 Å². The van der Waals surface area contributed by atoms with Crippen molar-refractivity contribution in [2.75, 3.05) is 29.4 Å². The second-order valence-electron chi connectivity index (χ2n) is 5.24. The fourth-order valence-corrected chi connectivity index (χ4v) is 3.56. The summed E-state index contributed by atoms with van der Waals surface area (Å²) >= 11 is 0. The summed E-state index contributed by atoms with van der Waals surface area (Å²) in [5.74, 6) is 0.262. The molecule has 1 aromatic rings. The molecular formula is C14H24N2O5S2. The van der Waals surface area contributed by atoms with Crippen molar-refractivity contribution in [3.05, 3.63) is 24.3 Å². The first-order valence-electron chi connectivity index (χ1n) is 7.28. The van der Waals surface area contributed by atoms with Crippen LogP contribution in [0.3, 0.4) is 0 Å². The Bertz CT molecular complexity index is 697. The number of nitrogens with zero attached hydrogens (tertiary/aromatic N) is 1. The predicted octanol–water partition coefficient (Wildman–Crippen LogP) is 1.18. The topological polar surface area (TPSA) is 92.8 Å². The number of anilines is 1. The fraction of sp³-hybridized carbons (Fsp3) is 0.571. The summed E-state index contributed by atoms with van der Waals surface area (Å²) < 4.78 is 56.0. The van der Waals surface area contributed by atoms with Crippen LogP contribution in [0.4, 0.5) is 5.69 Å². The van der Waals surface area contributed by atoms with Gasteiger partial charge in [-0.3, -0.25) is 4.31 Å². The Morgan fingerprint density at radius 2 is 1.70 bits per heavy atom. The van der Waals surface area contributed by atoms with Gasteiger partial charge in [0.1, 0.15) is 5.75 Å². The van der Waals surface area contributed by atoms with Crippen LogP contribution in [0, 0.1) is 0 Å². The van der Waals surface area contributed by atoms with E-state index in [9.17, 15) is 16.8 Å². The van der Waals surface area contributed by atoms with Gasteiger partial charge in [0.05, 0.1) is 23.3 Å². The van der Waals surface area contributed by atoms with Crippen LogP contribution in [-0.2, 0) is 20.0 Å². The molecule has 0 atom stereocenters. The summed E-state index contributed by atoms with van der Waals surface area (Å²) in [5.41, 5.74) is 0.486. The van der Waals surface area contributed by atoms with E-state index >= 15 is 0 Å². The highest BCUT2D eigenvalue weighted by Gasteiger charge is 2.19. The highest BCUT2D eigenvalue weighted by Crippen LogP contribution is 2.21. The number of rotatable bonds is 9. The minimum absolute atomic E-state index is 0.0360. The molecule has 0 aromatic heterocycles. The molecule has 1 rings (SSSR count). The zero-order chi connectivity index (χ0) is 17.7. The lowest BCUT2D eigenvalue weighted by atomic mass is 10.3. The zero-order valence-corrected chi connectivity index (χ0v) is 15.4. The van der Waals surface area contributed by atoms with Crippen molar-refractivity contribution in [2.45, 2.75) is 26.9 Å². The van der Waals surface area contributed by atoms with Gasteiger partial charge in [0.2, 0.25) is 20.0 Å². The number of hydrogen-bond acceptors (Lipinski definition) is 5. The molecule has 1 aromatic carbocycles. The third kappa shape index (κ3) is 6.36. The second kappa shape index (κ2) is 7.98. The van der Waals surface area contributed by atoms with Crippen LogP contribution in [0.1, 0.15) is 20.8 Å². The van der Waals surface area contributed by atoms with Crippen molar-refractivity contribution in [3.63, 3.8) is 0 Å². The van der Waals surface area contributed by atoms with Gasteiger partial charge in [0, 0.05) is 13.6 Å². The van der Waals surface area contributed by atoms with Gasteiger partial charge in [-0.25, -0.2) is 21.6 Å². The van der Waals surface area contributed by atoms with E-state index in [0.717, 1.165) is 4.31 Å². The van der Waals surface area contributed by atoms with Crippen molar-refractivity contribution in [2.24, 2.45) is 0 Å². The molecule has 0 bridgehead atoms. The normalized spacial score (nSPS) is 12.4. The van der Waals surface area contributed by atoms with Crippen LogP contribution in [0.15, 0.2) is 24.3 Å². The number of nitrogens with one attached hydrogen (secondary N) is 1. The quantitative estimate of drug-likeness (QED) is 0.710. The SMILES string of the molecule is CCS(=O)(=O)NCCS(=O)(=O)N(C)c1ccc(OC(C)C)cc1. The minimum atomic E-state index is -3.61. The zero-order valence-electron chi connectivity index (χ0n) is 13.8. The lowest BCUT2D eigenvalue weighted by molar-refractivity contribution is 0.242. The first-order valence-corrected chi connectivity index (χ1v) is 10.5. The molecule has 0 amide bonds. The molecule has 0 aliphatic heterocycles. The van der Waals surface area contributed by atoms with Crippen molar-refractivity contribution >= 4 is 25.7 Å². The van der Waals surface area contributed by atoms with Crippen LogP contribution in [0.5, 0.6) is 5.75 Å². The molecule has 0 fully saturated rings. The molecule has 0 spiro atoms. The maximum Gasteiger partial charge on any atom is 0.236 e. The van der Waals surface area contributed by atoms with Gasteiger partial charge in [-0.05, 0) is 45.0 Å². The minimum Gasteiger partial charge on any atom is -0.491 e. The second-order valence-corrected chi connectivity index (χ2v) is 9.46. The highest BCUT2D eigenvalue weighted by atomic mass is 32.2. The predicted molar refractivity (Wildman–Crippen MR) is 91.9 cm³/mol. The molecule has 0 heterocycles. The summed E-state index contributed by atoms with van der Waals surface area (Å²) in [5, 5.41) is 0. The molecule has 0 unspecified atom stereocenters. The number of benzene rings is 1. The average molecular weight is 364 g/mol. The van der Waals surface area contributed by atoms with Crippen LogP contribution < -0.4 is 13.8 Å². The van der Waals surface area contributed by atoms with E-state index in [0.29, 0.717) is 11.4 Å². The summed E-state index contributed by atoms with van der Waals surface area (Å²) in [4.78, 5) is 0. The lowest BCUT2D eigenvalue weighted by Crippen LogP contribution is -2.36. The third-order valence-corrected chi connectivity index (χ3v) is 6.22. The molecule has 0 radical (unpaired) electrons. The Morgan fingerprint density at radius 1 is 1.13 bits per heavy atom. The molecule has 132 valence electrons. The first-order chi connectivity index (χ1) is 10.6. The smallest absolute Gasteiger partial charge is 0.236 e. The molecular weight excluding hydrogens is 340 g/mol. The van der Waals surface area contributed by atoms with Crippen molar-refractivity contribution in [1.82, 2.24) is 4.72 Å². The molecule has 0 saturated carbocycles. The van der Waals surface area contributed by atoms with E-state index in [2.05, 4.69) is 4.72 Å². The van der Waals surface area contributed by atoms with Gasteiger partial charge in [-0.1, -0.05) is 0 Å². The van der Waals surface area contributed by atoms with E-state index in [1.165, 1.54) is 14.0 Å². The Kier molecular flexibility index (Phi) is 6.84. The van der Waals surface area contributed by atoms with E-state index in [-0.39, 0.29) is 24.2 Å². The number of ether oxygens (including phenoxy) is 1. The number of sulfonamides is 2. The van der Waals surface area contributed by atoms with Gasteiger partial charge in [-0.2, -0.15) is 0 Å². The molecule has 7 nitrogen and oxygen atoms in total. The van der Waals surface area contributed by atoms with Gasteiger partial charge < -0.3 is 4.74 Å². The molecule has 23 heavy (non-hydrogen) atoms. The largest absolute Gasteiger partial charge is 0.491 e. The summed E-state index contributed by atoms with van der Waals surface area (Å²) in [6, 6.07) is 6.68. The van der Waals surface area contributed by atoms with Gasteiger partial charge in [-0.15, -0.1) is 0 Å². The summed E-state index contributed by atoms with van der Waals surface area (Å²) in [7, 11) is -5.58. The van der Waals surface area contributed by atoms with E-state index < -0.39 is 20.0 Å². The Balaban J connectivity index is 2.72. The van der Waals surface area contributed by atoms with E-state index in [4.69, 9.17) is 4.74 Å². The van der Waals surface area contributed by atoms with Crippen molar-refractivity contribution < 1.29 is 21.6 Å². The maximum atomic E-state index is 12.2. The van der Waals surface area contributed by atoms with E-state index in [1.54, 1.807) is 24.3 Å². The van der Waals surface area contributed by atoms with Crippen molar-refractivity contribution in [1.29, 1.82) is 0 Å². The average Bonchev–Trinajstić information content (AvgIpc) is 2.46. The number of hydrogen-bond donors (Lipinski definition) is 1. The maximum absolute atomic E-state index is 12.2. The summed E-state index contributed by atoms with van der Waals surface area (Å²) in [6.45, 7) is 5.14. The van der Waals surface area contributed by atoms with Gasteiger partial charge in [0.25, 0.3) is 0 Å². The standard InChI is InChI=1S/C14H24N2O5S2/c1-5-22(17,18)15-10-11-23(19,20)16(4)13-6-8-14(9-7-13)21-12(2)3/h6-9,12,15H,5,10-11H2,1-4H3. The summed E-state index contributed by atoms with van der Waals surface area (Å²) in [6.07, 6.45) is 0.0360. The van der Waals surface area contributed by atoms with Crippen LogP contribution >= 0.6 is 0 Å². The monoisotopic (exact) mass is 364 g/mol. The third-order valence-electron chi connectivity index (χ3n) is 3.05. The van der Waals surface area contributed by atoms with Crippen LogP contribution in [-0.4, -0.2) is 48.0 Å². The molecule has 0 aliphatic rings. The van der Waals surface area contributed by atoms with Crippen LogP contribution in [0.2, 0.25) is 0 Å². The lowest BCUT2D eigenvalue weighted by Gasteiger charge is -2.20. The fourth-order valence-electron chi connectivity index (χ4n) is 1.73. The molecule has 0 aliphatic carbocycles. The Morgan fingerprint density at radius 3 is 2.17 bits per heavy atom. The highest BCUT2D eigenvalue weighted by molar-refractivity contribution is 7.93. The Hall–Kier alpha value is -1.32. The van der Waals surface area contributed by atoms with Crippen LogP contribution in [0.25, 0.3) is 0 Å². The van der Waals surface area contributed by atoms with Gasteiger partial charge in [0.15, 0.2) is 0 Å². The molecule has 1 N–H and O–H groups in total.